The summed E-state index contributed by atoms with van der Waals surface area (Å²) in [6, 6.07) is 7.54. The summed E-state index contributed by atoms with van der Waals surface area (Å²) >= 11 is 0. The van der Waals surface area contributed by atoms with Crippen LogP contribution in [0.2, 0.25) is 0 Å². The number of nitrogens with one attached hydrogen (secondary N) is 2. The number of rotatable bonds is 2. The maximum Gasteiger partial charge on any atom is 0.297 e. The quantitative estimate of drug-likeness (QED) is 0.747. The van der Waals surface area contributed by atoms with Gasteiger partial charge in [-0.3, -0.25) is 19.9 Å². The number of aromatic amines is 1. The molecule has 0 saturated heterocycles. The van der Waals surface area contributed by atoms with E-state index in [2.05, 4.69) is 20.3 Å². The smallest absolute Gasteiger partial charge is 0.297 e. The third-order valence-corrected chi connectivity index (χ3v) is 2.86. The highest BCUT2D eigenvalue weighted by atomic mass is 16.4. The first kappa shape index (κ1) is 13.0. The second-order valence-corrected chi connectivity index (χ2v) is 4.63. The molecule has 0 saturated carbocycles. The predicted octanol–water partition coefficient (Wildman–Crippen LogP) is 1.84. The molecule has 7 heteroatoms. The van der Waals surface area contributed by atoms with Crippen LogP contribution in [0.5, 0.6) is 0 Å². The van der Waals surface area contributed by atoms with Gasteiger partial charge in [0, 0.05) is 12.5 Å². The van der Waals surface area contributed by atoms with E-state index in [1.54, 1.807) is 0 Å². The first-order valence-electron chi connectivity index (χ1n) is 6.28. The van der Waals surface area contributed by atoms with Crippen LogP contribution in [0.25, 0.3) is 22.7 Å². The molecule has 1 amide bonds. The lowest BCUT2D eigenvalue weighted by Crippen LogP contribution is -2.15. The number of aromatic nitrogens is 3. The van der Waals surface area contributed by atoms with Crippen LogP contribution in [-0.2, 0) is 4.79 Å². The van der Waals surface area contributed by atoms with Crippen molar-refractivity contribution in [2.45, 2.75) is 13.8 Å². The monoisotopic (exact) mass is 284 g/mol. The first-order valence-corrected chi connectivity index (χ1v) is 6.28. The van der Waals surface area contributed by atoms with Crippen molar-refractivity contribution < 1.29 is 9.21 Å². The van der Waals surface area contributed by atoms with E-state index in [9.17, 15) is 9.59 Å². The SMILES string of the molecule is CC(=O)Nc1nc2nc(-c3ccc(C)cc3)oc2c(=O)[nH]1. The highest BCUT2D eigenvalue weighted by molar-refractivity contribution is 5.87. The zero-order valence-corrected chi connectivity index (χ0v) is 11.4. The molecular weight excluding hydrogens is 272 g/mol. The standard InChI is InChI=1S/C14H12N4O3/c1-7-3-5-9(6-4-7)13-16-11-10(21-13)12(20)18-14(17-11)15-8(2)19/h3-6H,1-2H3,(H2,15,17,18,19,20). The third kappa shape index (κ3) is 2.53. The van der Waals surface area contributed by atoms with E-state index in [1.807, 2.05) is 31.2 Å². The number of nitrogens with zero attached hydrogens (tertiary/aromatic N) is 2. The Labute approximate surface area is 119 Å². The number of H-pyrrole nitrogens is 1. The zero-order chi connectivity index (χ0) is 15.0. The Morgan fingerprint density at radius 1 is 1.24 bits per heavy atom. The van der Waals surface area contributed by atoms with Gasteiger partial charge in [0.1, 0.15) is 0 Å². The number of fused-ring (bicyclic) bond motifs is 1. The number of carbonyl (C=O) groups excluding carboxylic acids is 1. The Kier molecular flexibility index (Phi) is 3.02. The molecule has 3 aromatic rings. The minimum Gasteiger partial charge on any atom is -0.428 e. The second-order valence-electron chi connectivity index (χ2n) is 4.63. The van der Waals surface area contributed by atoms with Gasteiger partial charge < -0.3 is 4.42 Å². The van der Waals surface area contributed by atoms with Crippen LogP contribution in [0.3, 0.4) is 0 Å². The molecule has 2 heterocycles. The maximum atomic E-state index is 11.9. The highest BCUT2D eigenvalue weighted by Gasteiger charge is 2.14. The van der Waals surface area contributed by atoms with Crippen LogP contribution in [0.4, 0.5) is 5.95 Å². The summed E-state index contributed by atoms with van der Waals surface area (Å²) in [5.74, 6) is 0.0199. The Morgan fingerprint density at radius 2 is 1.95 bits per heavy atom. The second kappa shape index (κ2) is 4.86. The predicted molar refractivity (Wildman–Crippen MR) is 76.9 cm³/mol. The van der Waals surface area contributed by atoms with Gasteiger partial charge in [-0.25, -0.2) is 0 Å². The summed E-state index contributed by atoms with van der Waals surface area (Å²) in [5.41, 5.74) is 1.55. The van der Waals surface area contributed by atoms with Crippen LogP contribution in [0, 0.1) is 6.92 Å². The first-order chi connectivity index (χ1) is 10.0. The van der Waals surface area contributed by atoms with E-state index in [0.717, 1.165) is 11.1 Å². The van der Waals surface area contributed by atoms with E-state index in [-0.39, 0.29) is 23.1 Å². The van der Waals surface area contributed by atoms with Crippen LogP contribution in [0.15, 0.2) is 33.5 Å². The van der Waals surface area contributed by atoms with E-state index < -0.39 is 5.56 Å². The van der Waals surface area contributed by atoms with Crippen molar-refractivity contribution in [1.82, 2.24) is 15.0 Å². The molecule has 0 atom stereocenters. The summed E-state index contributed by atoms with van der Waals surface area (Å²) in [6.07, 6.45) is 0. The fourth-order valence-corrected chi connectivity index (χ4v) is 1.88. The summed E-state index contributed by atoms with van der Waals surface area (Å²) < 4.78 is 5.45. The molecule has 1 aromatic carbocycles. The maximum absolute atomic E-state index is 11.9. The molecule has 0 aliphatic carbocycles. The molecule has 0 bridgehead atoms. The van der Waals surface area contributed by atoms with Crippen LogP contribution in [-0.4, -0.2) is 20.9 Å². The van der Waals surface area contributed by atoms with Gasteiger partial charge in [0.05, 0.1) is 0 Å². The van der Waals surface area contributed by atoms with Gasteiger partial charge in [0.2, 0.25) is 29.0 Å². The van der Waals surface area contributed by atoms with Crippen LogP contribution in [0.1, 0.15) is 12.5 Å². The Balaban J connectivity index is 2.11. The highest BCUT2D eigenvalue weighted by Crippen LogP contribution is 2.22. The molecule has 0 fully saturated rings. The lowest BCUT2D eigenvalue weighted by atomic mass is 10.1. The van der Waals surface area contributed by atoms with Gasteiger partial charge in [-0.1, -0.05) is 17.7 Å². The molecule has 106 valence electrons. The molecular formula is C14H12N4O3. The summed E-state index contributed by atoms with van der Waals surface area (Å²) in [5, 5.41) is 2.41. The molecule has 0 aliphatic rings. The zero-order valence-electron chi connectivity index (χ0n) is 11.4. The minimum absolute atomic E-state index is 0.0275. The molecule has 0 aliphatic heterocycles. The summed E-state index contributed by atoms with van der Waals surface area (Å²) in [6.45, 7) is 3.30. The average Bonchev–Trinajstić information content (AvgIpc) is 2.83. The van der Waals surface area contributed by atoms with E-state index in [4.69, 9.17) is 4.42 Å². The van der Waals surface area contributed by atoms with Gasteiger partial charge in [0.25, 0.3) is 5.56 Å². The van der Waals surface area contributed by atoms with Gasteiger partial charge in [-0.05, 0) is 19.1 Å². The van der Waals surface area contributed by atoms with E-state index in [0.29, 0.717) is 5.89 Å². The number of aryl methyl sites for hydroxylation is 1. The molecule has 2 aromatic heterocycles. The van der Waals surface area contributed by atoms with E-state index >= 15 is 0 Å². The third-order valence-electron chi connectivity index (χ3n) is 2.86. The average molecular weight is 284 g/mol. The molecule has 0 spiro atoms. The number of oxazole rings is 1. The van der Waals surface area contributed by atoms with Crippen molar-refractivity contribution in [3.8, 4) is 11.5 Å². The number of amides is 1. The van der Waals surface area contributed by atoms with Gasteiger partial charge in [-0.15, -0.1) is 0 Å². The van der Waals surface area contributed by atoms with Crippen LogP contribution >= 0.6 is 0 Å². The molecule has 7 nitrogen and oxygen atoms in total. The summed E-state index contributed by atoms with van der Waals surface area (Å²) in [4.78, 5) is 33.6. The van der Waals surface area contributed by atoms with E-state index in [1.165, 1.54) is 6.92 Å². The van der Waals surface area contributed by atoms with Gasteiger partial charge in [-0.2, -0.15) is 9.97 Å². The Hall–Kier alpha value is -2.96. The van der Waals surface area contributed by atoms with Crippen LogP contribution < -0.4 is 10.9 Å². The summed E-state index contributed by atoms with van der Waals surface area (Å²) in [7, 11) is 0. The normalized spacial score (nSPS) is 10.8. The van der Waals surface area contributed by atoms with Gasteiger partial charge in [0.15, 0.2) is 0 Å². The van der Waals surface area contributed by atoms with Gasteiger partial charge >= 0.3 is 0 Å². The fraction of sp³-hybridized carbons (Fsp3) is 0.143. The minimum atomic E-state index is -0.491. The van der Waals surface area contributed by atoms with Crippen molar-refractivity contribution in [3.63, 3.8) is 0 Å². The topological polar surface area (TPSA) is 101 Å². The van der Waals surface area contributed by atoms with Crippen molar-refractivity contribution in [2.24, 2.45) is 0 Å². The molecule has 3 rings (SSSR count). The number of hydrogen-bond donors (Lipinski definition) is 2. The molecule has 21 heavy (non-hydrogen) atoms. The largest absolute Gasteiger partial charge is 0.428 e. The van der Waals surface area contributed by atoms with Crippen molar-refractivity contribution in [1.29, 1.82) is 0 Å². The number of carbonyl (C=O) groups is 1. The van der Waals surface area contributed by atoms with Crippen molar-refractivity contribution >= 4 is 23.1 Å². The molecule has 2 N–H and O–H groups in total. The number of hydrogen-bond acceptors (Lipinski definition) is 5. The number of anilines is 1. The number of benzene rings is 1. The fourth-order valence-electron chi connectivity index (χ4n) is 1.88. The molecule has 0 unspecified atom stereocenters. The Morgan fingerprint density at radius 3 is 2.62 bits per heavy atom. The Bertz CT molecular complexity index is 877. The molecule has 0 radical (unpaired) electrons. The lowest BCUT2D eigenvalue weighted by molar-refractivity contribution is -0.114. The van der Waals surface area contributed by atoms with Crippen molar-refractivity contribution in [3.05, 3.63) is 40.2 Å². The van der Waals surface area contributed by atoms with Crippen molar-refractivity contribution in [2.75, 3.05) is 5.32 Å². The lowest BCUT2D eigenvalue weighted by Gasteiger charge is -1.98.